The molecule has 2 aromatic heterocycles. The van der Waals surface area contributed by atoms with Crippen LogP contribution in [0.15, 0.2) is 53.3 Å². The van der Waals surface area contributed by atoms with E-state index in [1.54, 1.807) is 0 Å². The summed E-state index contributed by atoms with van der Waals surface area (Å²) in [6.07, 6.45) is 4.12. The van der Waals surface area contributed by atoms with Gasteiger partial charge >= 0.3 is 5.69 Å². The first-order valence-electron chi connectivity index (χ1n) is 9.82. The fourth-order valence-corrected chi connectivity index (χ4v) is 3.42. The number of H-pyrrole nitrogens is 2. The molecule has 0 atom stereocenters. The molecule has 0 aliphatic rings. The number of nitrogens with one attached hydrogen (secondary N) is 2. The van der Waals surface area contributed by atoms with Crippen LogP contribution in [0.5, 0.6) is 0 Å². The summed E-state index contributed by atoms with van der Waals surface area (Å²) in [4.78, 5) is 15.8. The highest BCUT2D eigenvalue weighted by atomic mass is 16.1. The molecular weight excluding hydrogens is 366 g/mol. The van der Waals surface area contributed by atoms with Crippen LogP contribution in [0.2, 0.25) is 0 Å². The molecule has 0 spiro atoms. The van der Waals surface area contributed by atoms with Gasteiger partial charge in [-0.3, -0.25) is 4.68 Å². The van der Waals surface area contributed by atoms with Crippen LogP contribution in [0.1, 0.15) is 37.6 Å². The van der Waals surface area contributed by atoms with E-state index in [1.165, 1.54) is 0 Å². The Labute approximate surface area is 168 Å². The average Bonchev–Trinajstić information content (AvgIpc) is 3.39. The average molecular weight is 389 g/mol. The second kappa shape index (κ2) is 8.64. The lowest BCUT2D eigenvalue weighted by Crippen LogP contribution is -2.09. The Balaban J connectivity index is 1.55. The van der Waals surface area contributed by atoms with E-state index in [4.69, 9.17) is 0 Å². The quantitative estimate of drug-likeness (QED) is 0.450. The third kappa shape index (κ3) is 4.31. The number of aromatic nitrogens is 7. The number of tetrazole rings is 1. The fraction of sp³-hybridized carbons (Fsp3) is 0.286. The molecule has 2 N–H and O–H groups in total. The first-order valence-corrected chi connectivity index (χ1v) is 9.82. The summed E-state index contributed by atoms with van der Waals surface area (Å²) < 4.78 is 1.85. The molecule has 0 fully saturated rings. The Bertz CT molecular complexity index is 1110. The molecule has 0 bridgehead atoms. The zero-order valence-corrected chi connectivity index (χ0v) is 16.3. The van der Waals surface area contributed by atoms with Gasteiger partial charge in [-0.15, -0.1) is 10.2 Å². The van der Waals surface area contributed by atoms with E-state index in [0.717, 1.165) is 53.8 Å². The summed E-state index contributed by atoms with van der Waals surface area (Å²) >= 11 is 0. The van der Waals surface area contributed by atoms with E-state index in [9.17, 15) is 4.79 Å². The first-order chi connectivity index (χ1) is 14.2. The van der Waals surface area contributed by atoms with Gasteiger partial charge in [0.2, 0.25) is 5.82 Å². The van der Waals surface area contributed by atoms with Gasteiger partial charge in [-0.2, -0.15) is 10.2 Å². The lowest BCUT2D eigenvalue weighted by Gasteiger charge is -2.10. The van der Waals surface area contributed by atoms with Gasteiger partial charge in [-0.05, 0) is 28.3 Å². The minimum atomic E-state index is -0.290. The van der Waals surface area contributed by atoms with Gasteiger partial charge in [0.1, 0.15) is 5.82 Å². The second-order valence-electron chi connectivity index (χ2n) is 6.97. The van der Waals surface area contributed by atoms with Crippen LogP contribution < -0.4 is 5.69 Å². The van der Waals surface area contributed by atoms with Crippen LogP contribution in [-0.2, 0) is 13.0 Å². The summed E-state index contributed by atoms with van der Waals surface area (Å²) in [7, 11) is 0. The van der Waals surface area contributed by atoms with Crippen molar-refractivity contribution in [3.63, 3.8) is 0 Å². The Morgan fingerprint density at radius 1 is 1.00 bits per heavy atom. The standard InChI is InChI=1S/C21H23N7O/c1-2-3-4-9-19-22-21(29)25-28(19)14-15-10-12-16(13-11-15)17-7-5-6-8-18(17)20-23-26-27-24-20/h5-8,10-13H,2-4,9,14H2,1H3,(H,25,29)(H,23,24,26,27). The van der Waals surface area contributed by atoms with Crippen molar-refractivity contribution in [2.75, 3.05) is 0 Å². The van der Waals surface area contributed by atoms with E-state index in [2.05, 4.69) is 61.9 Å². The minimum Gasteiger partial charge on any atom is -0.266 e. The van der Waals surface area contributed by atoms with Crippen molar-refractivity contribution in [1.82, 2.24) is 35.4 Å². The molecule has 0 amide bonds. The number of benzene rings is 2. The molecule has 2 aromatic carbocycles. The van der Waals surface area contributed by atoms with E-state index in [0.29, 0.717) is 12.4 Å². The summed E-state index contributed by atoms with van der Waals surface area (Å²) in [5.41, 5.74) is 3.83. The van der Waals surface area contributed by atoms with Gasteiger partial charge in [-0.1, -0.05) is 68.3 Å². The molecule has 0 aliphatic carbocycles. The van der Waals surface area contributed by atoms with Crippen LogP contribution in [0.25, 0.3) is 22.5 Å². The molecule has 2 heterocycles. The SMILES string of the molecule is CCCCCc1nc(=O)[nH]n1Cc1ccc(-c2ccccc2-c2nn[nH]n2)cc1. The van der Waals surface area contributed by atoms with Crippen LogP contribution in [-0.4, -0.2) is 35.4 Å². The van der Waals surface area contributed by atoms with Gasteiger partial charge in [0, 0.05) is 12.0 Å². The predicted molar refractivity (Wildman–Crippen MR) is 110 cm³/mol. The summed E-state index contributed by atoms with van der Waals surface area (Å²) in [5, 5.41) is 17.2. The third-order valence-corrected chi connectivity index (χ3v) is 4.90. The normalized spacial score (nSPS) is 11.1. The summed E-state index contributed by atoms with van der Waals surface area (Å²) in [6.45, 7) is 2.75. The number of hydrogen-bond acceptors (Lipinski definition) is 5. The van der Waals surface area contributed by atoms with Crippen molar-refractivity contribution in [3.05, 3.63) is 70.4 Å². The van der Waals surface area contributed by atoms with Gasteiger partial charge < -0.3 is 0 Å². The van der Waals surface area contributed by atoms with Gasteiger partial charge in [0.25, 0.3) is 0 Å². The maximum atomic E-state index is 11.7. The molecule has 0 aliphatic heterocycles. The molecule has 8 nitrogen and oxygen atoms in total. The van der Waals surface area contributed by atoms with Crippen LogP contribution >= 0.6 is 0 Å². The van der Waals surface area contributed by atoms with Crippen molar-refractivity contribution < 1.29 is 0 Å². The molecule has 0 unspecified atom stereocenters. The van der Waals surface area contributed by atoms with E-state index < -0.39 is 0 Å². The molecule has 29 heavy (non-hydrogen) atoms. The highest BCUT2D eigenvalue weighted by molar-refractivity contribution is 5.80. The fourth-order valence-electron chi connectivity index (χ4n) is 3.42. The summed E-state index contributed by atoms with van der Waals surface area (Å²) in [5.74, 6) is 1.38. The number of aryl methyl sites for hydroxylation is 1. The maximum absolute atomic E-state index is 11.7. The number of aromatic amines is 2. The van der Waals surface area contributed by atoms with Crippen LogP contribution in [0.3, 0.4) is 0 Å². The Kier molecular flexibility index (Phi) is 5.60. The van der Waals surface area contributed by atoms with E-state index in [-0.39, 0.29) is 5.69 Å². The molecule has 4 rings (SSSR count). The molecular formula is C21H23N7O. The first kappa shape index (κ1) is 18.8. The molecule has 4 aromatic rings. The van der Waals surface area contributed by atoms with Gasteiger partial charge in [0.05, 0.1) is 6.54 Å². The highest BCUT2D eigenvalue weighted by Gasteiger charge is 2.11. The van der Waals surface area contributed by atoms with Crippen molar-refractivity contribution in [3.8, 4) is 22.5 Å². The largest absolute Gasteiger partial charge is 0.361 e. The smallest absolute Gasteiger partial charge is 0.266 e. The van der Waals surface area contributed by atoms with Crippen LogP contribution in [0.4, 0.5) is 0 Å². The monoisotopic (exact) mass is 389 g/mol. The second-order valence-corrected chi connectivity index (χ2v) is 6.97. The Morgan fingerprint density at radius 2 is 1.79 bits per heavy atom. The van der Waals surface area contributed by atoms with Crippen molar-refractivity contribution >= 4 is 0 Å². The number of nitrogens with zero attached hydrogens (tertiary/aromatic N) is 5. The van der Waals surface area contributed by atoms with Crippen molar-refractivity contribution in [2.24, 2.45) is 0 Å². The molecule has 0 saturated carbocycles. The van der Waals surface area contributed by atoms with Gasteiger partial charge in [-0.25, -0.2) is 9.89 Å². The Hall–Kier alpha value is -3.55. The highest BCUT2D eigenvalue weighted by Crippen LogP contribution is 2.29. The van der Waals surface area contributed by atoms with Crippen LogP contribution in [0, 0.1) is 0 Å². The zero-order valence-electron chi connectivity index (χ0n) is 16.3. The van der Waals surface area contributed by atoms with Crippen molar-refractivity contribution in [1.29, 1.82) is 0 Å². The minimum absolute atomic E-state index is 0.290. The Morgan fingerprint density at radius 3 is 2.52 bits per heavy atom. The number of rotatable bonds is 8. The van der Waals surface area contributed by atoms with Crippen molar-refractivity contribution in [2.45, 2.75) is 39.2 Å². The molecule has 0 saturated heterocycles. The third-order valence-electron chi connectivity index (χ3n) is 4.90. The lowest BCUT2D eigenvalue weighted by atomic mass is 9.98. The van der Waals surface area contributed by atoms with Gasteiger partial charge in [0.15, 0.2) is 0 Å². The molecule has 148 valence electrons. The molecule has 0 radical (unpaired) electrons. The predicted octanol–water partition coefficient (Wildman–Crippen LogP) is 3.20. The van der Waals surface area contributed by atoms with E-state index >= 15 is 0 Å². The summed E-state index contributed by atoms with van der Waals surface area (Å²) in [6, 6.07) is 16.2. The zero-order chi connectivity index (χ0) is 20.1. The van der Waals surface area contributed by atoms with E-state index in [1.807, 2.05) is 28.9 Å². The topological polar surface area (TPSA) is 105 Å². The number of hydrogen-bond donors (Lipinski definition) is 2. The maximum Gasteiger partial charge on any atom is 0.361 e. The molecule has 8 heteroatoms. The lowest BCUT2D eigenvalue weighted by molar-refractivity contribution is 0.605. The number of unbranched alkanes of at least 4 members (excludes halogenated alkanes) is 2.